The van der Waals surface area contributed by atoms with Crippen LogP contribution in [-0.2, 0) is 6.18 Å². The number of hydrogen-bond donors (Lipinski definition) is 1. The first-order valence-electron chi connectivity index (χ1n) is 9.92. The third-order valence-electron chi connectivity index (χ3n) is 5.21. The Hall–Kier alpha value is -3.27. The number of nitrogens with one attached hydrogen (secondary N) is 1. The van der Waals surface area contributed by atoms with Crippen LogP contribution >= 0.6 is 11.3 Å². The molecule has 0 bridgehead atoms. The monoisotopic (exact) mass is 460 g/mol. The minimum absolute atomic E-state index is 0.121. The molecule has 0 radical (unpaired) electrons. The van der Waals surface area contributed by atoms with Crippen molar-refractivity contribution in [3.05, 3.63) is 75.2 Å². The number of halogens is 3. The summed E-state index contributed by atoms with van der Waals surface area (Å²) in [6.45, 7) is 2.24. The zero-order valence-corrected chi connectivity index (χ0v) is 17.8. The van der Waals surface area contributed by atoms with E-state index in [-0.39, 0.29) is 5.01 Å². The van der Waals surface area contributed by atoms with Crippen molar-refractivity contribution in [2.75, 3.05) is 11.9 Å². The fraction of sp³-hybridized carbons (Fsp3) is 0.273. The lowest BCUT2D eigenvalue weighted by Crippen LogP contribution is -2.32. The molecule has 1 N–H and O–H groups in total. The molecule has 1 atom stereocenters. The minimum atomic E-state index is -4.63. The fourth-order valence-electron chi connectivity index (χ4n) is 3.62. The van der Waals surface area contributed by atoms with Crippen LogP contribution in [0.4, 0.5) is 18.9 Å². The summed E-state index contributed by atoms with van der Waals surface area (Å²) in [5.74, 6) is -1.14. The molecule has 32 heavy (non-hydrogen) atoms. The second-order valence-corrected chi connectivity index (χ2v) is 8.47. The molecule has 166 valence electrons. The average Bonchev–Trinajstić information content (AvgIpc) is 3.44. The quantitative estimate of drug-likeness (QED) is 0.588. The maximum Gasteiger partial charge on any atom is 0.417 e. The molecule has 1 aliphatic rings. The topological polar surface area (TPSA) is 75.2 Å². The van der Waals surface area contributed by atoms with Gasteiger partial charge in [0.15, 0.2) is 0 Å². The number of rotatable bonds is 4. The van der Waals surface area contributed by atoms with Crippen LogP contribution in [0.2, 0.25) is 0 Å². The van der Waals surface area contributed by atoms with Crippen LogP contribution in [0.5, 0.6) is 0 Å². The molecule has 6 nitrogen and oxygen atoms in total. The zero-order chi connectivity index (χ0) is 22.9. The van der Waals surface area contributed by atoms with Crippen LogP contribution in [0, 0.1) is 6.92 Å². The first-order chi connectivity index (χ1) is 15.2. The lowest BCUT2D eigenvalue weighted by atomic mass is 10.1. The van der Waals surface area contributed by atoms with E-state index in [1.807, 2.05) is 19.1 Å². The molecular formula is C22H19F3N4O2S. The van der Waals surface area contributed by atoms with E-state index in [9.17, 15) is 22.8 Å². The van der Waals surface area contributed by atoms with Crippen molar-refractivity contribution in [2.45, 2.75) is 32.0 Å². The van der Waals surface area contributed by atoms with Gasteiger partial charge in [-0.1, -0.05) is 41.2 Å². The number of likely N-dealkylation sites (tertiary alicyclic amines) is 1. The second-order valence-electron chi connectivity index (χ2n) is 7.47. The van der Waals surface area contributed by atoms with E-state index in [2.05, 4.69) is 15.5 Å². The predicted molar refractivity (Wildman–Crippen MR) is 113 cm³/mol. The number of hydrogen-bond acceptors (Lipinski definition) is 5. The van der Waals surface area contributed by atoms with Gasteiger partial charge in [-0.3, -0.25) is 9.59 Å². The molecule has 1 fully saturated rings. The van der Waals surface area contributed by atoms with Gasteiger partial charge in [-0.25, -0.2) is 0 Å². The van der Waals surface area contributed by atoms with Gasteiger partial charge in [0.1, 0.15) is 5.01 Å². The van der Waals surface area contributed by atoms with Gasteiger partial charge in [-0.15, -0.1) is 10.2 Å². The Labute approximate surface area is 186 Å². The number of anilines is 1. The van der Waals surface area contributed by atoms with Gasteiger partial charge in [0.25, 0.3) is 11.8 Å². The van der Waals surface area contributed by atoms with E-state index in [0.717, 1.165) is 23.0 Å². The Morgan fingerprint density at radius 2 is 1.81 bits per heavy atom. The van der Waals surface area contributed by atoms with E-state index < -0.39 is 35.2 Å². The van der Waals surface area contributed by atoms with Crippen LogP contribution < -0.4 is 5.32 Å². The van der Waals surface area contributed by atoms with Gasteiger partial charge in [-0.2, -0.15) is 13.2 Å². The Bertz CT molecular complexity index is 1140. The summed E-state index contributed by atoms with van der Waals surface area (Å²) < 4.78 is 40.1. The number of alkyl halides is 3. The molecule has 2 heterocycles. The lowest BCUT2D eigenvalue weighted by molar-refractivity contribution is -0.138. The number of nitrogens with zero attached hydrogens (tertiary/aromatic N) is 3. The van der Waals surface area contributed by atoms with Crippen molar-refractivity contribution >= 4 is 28.8 Å². The van der Waals surface area contributed by atoms with Crippen LogP contribution in [0.1, 0.15) is 55.2 Å². The summed E-state index contributed by atoms with van der Waals surface area (Å²) in [5, 5.41) is 11.3. The van der Waals surface area contributed by atoms with Crippen molar-refractivity contribution in [3.8, 4) is 0 Å². The van der Waals surface area contributed by atoms with Crippen molar-refractivity contribution < 1.29 is 22.8 Å². The summed E-state index contributed by atoms with van der Waals surface area (Å²) >= 11 is 1.04. The van der Waals surface area contributed by atoms with Crippen molar-refractivity contribution in [1.29, 1.82) is 0 Å². The fourth-order valence-corrected chi connectivity index (χ4v) is 4.51. The Balaban J connectivity index is 1.53. The van der Waals surface area contributed by atoms with Gasteiger partial charge < -0.3 is 10.2 Å². The number of carbonyl (C=O) groups is 2. The van der Waals surface area contributed by atoms with Gasteiger partial charge in [0.05, 0.1) is 17.2 Å². The van der Waals surface area contributed by atoms with Crippen molar-refractivity contribution in [1.82, 2.24) is 15.1 Å². The van der Waals surface area contributed by atoms with Gasteiger partial charge >= 0.3 is 6.18 Å². The van der Waals surface area contributed by atoms with Crippen LogP contribution in [0.15, 0.2) is 48.5 Å². The van der Waals surface area contributed by atoms with Gasteiger partial charge in [0.2, 0.25) is 5.01 Å². The zero-order valence-electron chi connectivity index (χ0n) is 17.0. The maximum absolute atomic E-state index is 13.4. The largest absolute Gasteiger partial charge is 0.417 e. The summed E-state index contributed by atoms with van der Waals surface area (Å²) in [4.78, 5) is 26.9. The molecular weight excluding hydrogens is 441 g/mol. The third-order valence-corrected chi connectivity index (χ3v) is 6.23. The Morgan fingerprint density at radius 1 is 1.09 bits per heavy atom. The SMILES string of the molecule is Cc1ccc(NC(=O)c2nnc(C3CCCN3C(=O)c3ccccc3C(F)(F)F)s2)cc1. The molecule has 4 rings (SSSR count). The summed E-state index contributed by atoms with van der Waals surface area (Å²) in [6, 6.07) is 11.5. The third kappa shape index (κ3) is 4.50. The van der Waals surface area contributed by atoms with Crippen molar-refractivity contribution in [3.63, 3.8) is 0 Å². The van der Waals surface area contributed by atoms with Gasteiger partial charge in [0, 0.05) is 12.2 Å². The molecule has 3 aromatic rings. The summed E-state index contributed by atoms with van der Waals surface area (Å²) in [5.41, 5.74) is 0.304. The van der Waals surface area contributed by atoms with E-state index in [1.54, 1.807) is 12.1 Å². The van der Waals surface area contributed by atoms with E-state index in [1.165, 1.54) is 23.1 Å². The Morgan fingerprint density at radius 3 is 2.53 bits per heavy atom. The standard InChI is InChI=1S/C22H19F3N4O2S/c1-13-8-10-14(11-9-13)26-18(30)20-28-27-19(32-20)17-7-4-12-29(17)21(31)15-5-2-3-6-16(15)22(23,24)25/h2-3,5-6,8-11,17H,4,7,12H2,1H3,(H,26,30). The van der Waals surface area contributed by atoms with E-state index >= 15 is 0 Å². The van der Waals surface area contributed by atoms with Crippen LogP contribution in [0.25, 0.3) is 0 Å². The maximum atomic E-state index is 13.4. The smallest absolute Gasteiger partial charge is 0.329 e. The molecule has 1 unspecified atom stereocenters. The number of aryl methyl sites for hydroxylation is 1. The number of amides is 2. The van der Waals surface area contributed by atoms with Crippen molar-refractivity contribution in [2.24, 2.45) is 0 Å². The highest BCUT2D eigenvalue weighted by atomic mass is 32.1. The molecule has 1 saturated heterocycles. The molecule has 10 heteroatoms. The second kappa shape index (κ2) is 8.70. The highest BCUT2D eigenvalue weighted by Crippen LogP contribution is 2.37. The van der Waals surface area contributed by atoms with E-state index in [4.69, 9.17) is 0 Å². The molecule has 2 aromatic carbocycles. The molecule has 2 amide bonds. The van der Waals surface area contributed by atoms with Crippen LogP contribution in [-0.4, -0.2) is 33.5 Å². The molecule has 0 spiro atoms. The molecule has 0 aliphatic carbocycles. The van der Waals surface area contributed by atoms with Crippen LogP contribution in [0.3, 0.4) is 0 Å². The first-order valence-corrected chi connectivity index (χ1v) is 10.7. The highest BCUT2D eigenvalue weighted by molar-refractivity contribution is 7.13. The number of aromatic nitrogens is 2. The number of carbonyl (C=O) groups excluding carboxylic acids is 2. The Kier molecular flexibility index (Phi) is 5.96. The normalized spacial score (nSPS) is 16.2. The molecule has 1 aliphatic heterocycles. The number of benzene rings is 2. The minimum Gasteiger partial charge on any atom is -0.329 e. The average molecular weight is 460 g/mol. The van der Waals surface area contributed by atoms with E-state index in [0.29, 0.717) is 30.1 Å². The van der Waals surface area contributed by atoms with Gasteiger partial charge in [-0.05, 0) is 44.0 Å². The summed E-state index contributed by atoms with van der Waals surface area (Å²) in [7, 11) is 0. The summed E-state index contributed by atoms with van der Waals surface area (Å²) in [6.07, 6.45) is -3.48. The lowest BCUT2D eigenvalue weighted by Gasteiger charge is -2.24. The first kappa shape index (κ1) is 21.9. The predicted octanol–water partition coefficient (Wildman–Crippen LogP) is 5.09. The highest BCUT2D eigenvalue weighted by Gasteiger charge is 2.39. The molecule has 0 saturated carbocycles. The molecule has 1 aromatic heterocycles.